The van der Waals surface area contributed by atoms with E-state index in [4.69, 9.17) is 4.74 Å². The molecule has 0 aliphatic heterocycles. The first kappa shape index (κ1) is 8.78. The van der Waals surface area contributed by atoms with Crippen LogP contribution in [0.3, 0.4) is 0 Å². The molecule has 0 saturated heterocycles. The predicted octanol–water partition coefficient (Wildman–Crippen LogP) is 2.03. The monoisotopic (exact) mass is 164 g/mol. The van der Waals surface area contributed by atoms with Crippen molar-refractivity contribution >= 4 is 12.1 Å². The molecule has 0 heterocycles. The van der Waals surface area contributed by atoms with Crippen molar-refractivity contribution < 1.29 is 9.31 Å². The highest BCUT2D eigenvalue weighted by Crippen LogP contribution is 2.06. The van der Waals surface area contributed by atoms with Crippen LogP contribution in [0.25, 0.3) is 0 Å². The summed E-state index contributed by atoms with van der Waals surface area (Å²) in [4.78, 5) is 0. The summed E-state index contributed by atoms with van der Waals surface area (Å²) in [6.45, 7) is 2.67. The van der Waals surface area contributed by atoms with Crippen molar-refractivity contribution in [3.05, 3.63) is 30.3 Å². The van der Waals surface area contributed by atoms with Crippen LogP contribution in [-0.2, 0) is 4.74 Å². The van der Waals surface area contributed by atoms with Gasteiger partial charge in [-0.1, -0.05) is 18.2 Å². The molecule has 0 spiro atoms. The molecule has 1 aromatic rings. The van der Waals surface area contributed by atoms with Crippen molar-refractivity contribution in [3.8, 4) is 0 Å². The van der Waals surface area contributed by atoms with Crippen LogP contribution < -0.4 is 0 Å². The van der Waals surface area contributed by atoms with E-state index < -0.39 is 0 Å². The fraction of sp³-hybridized carbons (Fsp3) is 0.300. The van der Waals surface area contributed by atoms with Gasteiger partial charge in [0, 0.05) is 12.1 Å². The van der Waals surface area contributed by atoms with Gasteiger partial charge >= 0.3 is 6.40 Å². The number of ether oxygens (including phenoxy) is 1. The molecule has 0 unspecified atom stereocenters. The van der Waals surface area contributed by atoms with E-state index in [0.717, 1.165) is 5.69 Å². The number of hydrogen-bond acceptors (Lipinski definition) is 1. The smallest absolute Gasteiger partial charge is 0.329 e. The van der Waals surface area contributed by atoms with Crippen molar-refractivity contribution in [2.75, 3.05) is 13.7 Å². The number of rotatable bonds is 3. The summed E-state index contributed by atoms with van der Waals surface area (Å²) in [7, 11) is 1.96. The van der Waals surface area contributed by atoms with Gasteiger partial charge in [-0.05, 0) is 6.92 Å². The topological polar surface area (TPSA) is 12.2 Å². The highest BCUT2D eigenvalue weighted by molar-refractivity contribution is 5.44. The average Bonchev–Trinajstić information content (AvgIpc) is 2.15. The molecule has 0 fully saturated rings. The Balaban J connectivity index is 2.71. The fourth-order valence-corrected chi connectivity index (χ4v) is 0.910. The van der Waals surface area contributed by atoms with Gasteiger partial charge in [-0.2, -0.15) is 4.58 Å². The zero-order valence-electron chi connectivity index (χ0n) is 7.53. The molecule has 0 amide bonds. The van der Waals surface area contributed by atoms with Gasteiger partial charge < -0.3 is 4.74 Å². The quantitative estimate of drug-likeness (QED) is 0.378. The molecule has 1 aromatic carbocycles. The molecule has 12 heavy (non-hydrogen) atoms. The summed E-state index contributed by atoms with van der Waals surface area (Å²) in [5.74, 6) is 0. The Bertz CT molecular complexity index is 254. The van der Waals surface area contributed by atoms with Crippen LogP contribution in [0.5, 0.6) is 0 Å². The second-order valence-corrected chi connectivity index (χ2v) is 2.51. The average molecular weight is 164 g/mol. The Hall–Kier alpha value is -1.31. The minimum Gasteiger partial charge on any atom is -0.450 e. The van der Waals surface area contributed by atoms with E-state index in [0.29, 0.717) is 6.61 Å². The lowest BCUT2D eigenvalue weighted by atomic mass is 10.3. The van der Waals surface area contributed by atoms with Gasteiger partial charge in [0.05, 0.1) is 6.61 Å². The van der Waals surface area contributed by atoms with Crippen molar-refractivity contribution in [1.29, 1.82) is 0 Å². The fourth-order valence-electron chi connectivity index (χ4n) is 0.910. The van der Waals surface area contributed by atoms with E-state index in [1.54, 1.807) is 6.40 Å². The molecule has 0 aliphatic rings. The lowest BCUT2D eigenvalue weighted by molar-refractivity contribution is -0.409. The van der Waals surface area contributed by atoms with Gasteiger partial charge in [-0.15, -0.1) is 0 Å². The van der Waals surface area contributed by atoms with Gasteiger partial charge in [0.2, 0.25) is 5.69 Å². The second kappa shape index (κ2) is 4.54. The molecule has 64 valence electrons. The predicted molar refractivity (Wildman–Crippen MR) is 50.0 cm³/mol. The zero-order chi connectivity index (χ0) is 8.81. The van der Waals surface area contributed by atoms with E-state index >= 15 is 0 Å². The third-order valence-electron chi connectivity index (χ3n) is 1.56. The first-order valence-electron chi connectivity index (χ1n) is 4.07. The lowest BCUT2D eigenvalue weighted by Gasteiger charge is -1.95. The normalized spacial score (nSPS) is 11.3. The SMILES string of the molecule is CCOC=[N+](C)c1ccccc1. The molecule has 0 bridgehead atoms. The Morgan fingerprint density at radius 2 is 2.00 bits per heavy atom. The maximum Gasteiger partial charge on any atom is 0.329 e. The van der Waals surface area contributed by atoms with Crippen LogP contribution in [-0.4, -0.2) is 24.6 Å². The van der Waals surface area contributed by atoms with Crippen LogP contribution >= 0.6 is 0 Å². The number of para-hydroxylation sites is 1. The highest BCUT2D eigenvalue weighted by atomic mass is 16.5. The molecule has 0 aliphatic carbocycles. The Kier molecular flexibility index (Phi) is 3.33. The minimum atomic E-state index is 0.706. The largest absolute Gasteiger partial charge is 0.450 e. The Morgan fingerprint density at radius 1 is 1.33 bits per heavy atom. The first-order valence-corrected chi connectivity index (χ1v) is 4.07. The van der Waals surface area contributed by atoms with Crippen LogP contribution in [0, 0.1) is 0 Å². The molecule has 0 aromatic heterocycles. The maximum absolute atomic E-state index is 5.15. The standard InChI is InChI=1S/C10H14NO/c1-3-12-9-11(2)10-7-5-4-6-8-10/h4-9H,3H2,1-2H3/q+1. The van der Waals surface area contributed by atoms with E-state index in [2.05, 4.69) is 0 Å². The summed E-state index contributed by atoms with van der Waals surface area (Å²) in [5, 5.41) is 0. The summed E-state index contributed by atoms with van der Waals surface area (Å²) < 4.78 is 7.10. The second-order valence-electron chi connectivity index (χ2n) is 2.51. The summed E-state index contributed by atoms with van der Waals surface area (Å²) in [5.41, 5.74) is 1.13. The Labute approximate surface area is 73.1 Å². The van der Waals surface area contributed by atoms with Crippen LogP contribution in [0.1, 0.15) is 6.92 Å². The van der Waals surface area contributed by atoms with Crippen molar-refractivity contribution in [2.24, 2.45) is 0 Å². The summed E-state index contributed by atoms with van der Waals surface area (Å²) in [6, 6.07) is 10.1. The molecule has 0 N–H and O–H groups in total. The van der Waals surface area contributed by atoms with Crippen LogP contribution in [0.15, 0.2) is 30.3 Å². The van der Waals surface area contributed by atoms with Gasteiger partial charge in [-0.25, -0.2) is 0 Å². The van der Waals surface area contributed by atoms with Crippen LogP contribution in [0.4, 0.5) is 5.69 Å². The summed E-state index contributed by atoms with van der Waals surface area (Å²) in [6.07, 6.45) is 1.72. The molecule has 0 saturated carbocycles. The molecule has 2 nitrogen and oxygen atoms in total. The van der Waals surface area contributed by atoms with E-state index in [1.807, 2.05) is 48.9 Å². The van der Waals surface area contributed by atoms with Crippen LogP contribution in [0.2, 0.25) is 0 Å². The molecular weight excluding hydrogens is 150 g/mol. The van der Waals surface area contributed by atoms with Gasteiger partial charge in [0.15, 0.2) is 0 Å². The number of hydrogen-bond donors (Lipinski definition) is 0. The number of nitrogens with zero attached hydrogens (tertiary/aromatic N) is 1. The zero-order valence-corrected chi connectivity index (χ0v) is 7.53. The van der Waals surface area contributed by atoms with Crippen molar-refractivity contribution in [1.82, 2.24) is 0 Å². The van der Waals surface area contributed by atoms with E-state index in [1.165, 1.54) is 0 Å². The van der Waals surface area contributed by atoms with Gasteiger partial charge in [0.1, 0.15) is 7.05 Å². The van der Waals surface area contributed by atoms with E-state index in [-0.39, 0.29) is 0 Å². The molecule has 0 radical (unpaired) electrons. The molecular formula is C10H14NO+. The lowest BCUT2D eigenvalue weighted by Crippen LogP contribution is -2.02. The minimum absolute atomic E-state index is 0.706. The maximum atomic E-state index is 5.15. The molecule has 1 rings (SSSR count). The third-order valence-corrected chi connectivity index (χ3v) is 1.56. The number of benzene rings is 1. The van der Waals surface area contributed by atoms with E-state index in [9.17, 15) is 0 Å². The van der Waals surface area contributed by atoms with Gasteiger partial charge in [0.25, 0.3) is 0 Å². The van der Waals surface area contributed by atoms with Crippen molar-refractivity contribution in [2.45, 2.75) is 6.92 Å². The third kappa shape index (κ3) is 2.38. The van der Waals surface area contributed by atoms with Gasteiger partial charge in [-0.3, -0.25) is 0 Å². The van der Waals surface area contributed by atoms with Crippen molar-refractivity contribution in [3.63, 3.8) is 0 Å². The molecule has 2 heteroatoms. The Morgan fingerprint density at radius 3 is 2.58 bits per heavy atom. The molecule has 0 atom stereocenters. The first-order chi connectivity index (χ1) is 5.84. The highest BCUT2D eigenvalue weighted by Gasteiger charge is 1.99. The summed E-state index contributed by atoms with van der Waals surface area (Å²) >= 11 is 0.